The fourth-order valence-corrected chi connectivity index (χ4v) is 3.20. The number of carbonyl (C=O) groups is 1. The highest BCUT2D eigenvalue weighted by Crippen LogP contribution is 2.31. The van der Waals surface area contributed by atoms with Gasteiger partial charge in [-0.1, -0.05) is 23.2 Å². The summed E-state index contributed by atoms with van der Waals surface area (Å²) < 4.78 is 28.5. The normalized spacial score (nSPS) is 10.9. The Balaban J connectivity index is 1.98. The lowest BCUT2D eigenvalue weighted by atomic mass is 10.1. The molecule has 0 aliphatic carbocycles. The second-order valence-corrected chi connectivity index (χ2v) is 6.68. The lowest BCUT2D eigenvalue weighted by Crippen LogP contribution is -2.14. The van der Waals surface area contributed by atoms with Crippen LogP contribution in [-0.2, 0) is 0 Å². The Bertz CT molecular complexity index is 1040. The van der Waals surface area contributed by atoms with Crippen LogP contribution in [0.15, 0.2) is 30.3 Å². The molecule has 1 amide bonds. The Kier molecular flexibility index (Phi) is 5.08. The number of nitrogens with one attached hydrogen (secondary N) is 1. The minimum atomic E-state index is -0.787. The van der Waals surface area contributed by atoms with Crippen LogP contribution in [0.5, 0.6) is 0 Å². The maximum absolute atomic E-state index is 14.1. The van der Waals surface area contributed by atoms with E-state index in [1.807, 2.05) is 0 Å². The van der Waals surface area contributed by atoms with Crippen molar-refractivity contribution in [3.8, 4) is 5.69 Å². The molecule has 3 rings (SSSR count). The lowest BCUT2D eigenvalue weighted by Gasteiger charge is -2.09. The molecule has 0 saturated heterocycles. The van der Waals surface area contributed by atoms with E-state index >= 15 is 0 Å². The van der Waals surface area contributed by atoms with Crippen molar-refractivity contribution in [2.75, 3.05) is 11.1 Å². The van der Waals surface area contributed by atoms with Gasteiger partial charge < -0.3 is 11.1 Å². The van der Waals surface area contributed by atoms with Gasteiger partial charge >= 0.3 is 0 Å². The number of halogens is 4. The minimum absolute atomic E-state index is 0.0367. The zero-order chi connectivity index (χ0) is 19.9. The van der Waals surface area contributed by atoms with Crippen molar-refractivity contribution in [3.63, 3.8) is 0 Å². The van der Waals surface area contributed by atoms with E-state index in [-0.39, 0.29) is 27.0 Å². The molecule has 0 radical (unpaired) electrons. The molecule has 0 atom stereocenters. The quantitative estimate of drug-likeness (QED) is 0.602. The molecule has 3 aromatic rings. The van der Waals surface area contributed by atoms with Crippen LogP contribution in [0.4, 0.5) is 20.2 Å². The maximum atomic E-state index is 14.1. The number of hydrogen-bond acceptors (Lipinski definition) is 3. The highest BCUT2D eigenvalue weighted by molar-refractivity contribution is 6.39. The molecule has 9 heteroatoms. The molecule has 0 aliphatic heterocycles. The Morgan fingerprint density at radius 1 is 1.15 bits per heavy atom. The van der Waals surface area contributed by atoms with Gasteiger partial charge in [-0.25, -0.2) is 13.5 Å². The molecule has 140 valence electrons. The number of nitrogens with two attached hydrogens (primary N) is 1. The summed E-state index contributed by atoms with van der Waals surface area (Å²) in [5, 5.41) is 7.28. The molecule has 1 heterocycles. The minimum Gasteiger partial charge on any atom is -0.396 e. The number of rotatable bonds is 3. The Morgan fingerprint density at radius 2 is 1.78 bits per heavy atom. The lowest BCUT2D eigenvalue weighted by molar-refractivity contribution is 0.102. The average Bonchev–Trinajstić information content (AvgIpc) is 2.87. The van der Waals surface area contributed by atoms with E-state index in [1.54, 1.807) is 13.8 Å². The number of nitrogens with zero attached hydrogens (tertiary/aromatic N) is 2. The van der Waals surface area contributed by atoms with Crippen LogP contribution in [0.1, 0.15) is 21.7 Å². The standard InChI is InChI=1S/C18H14Cl2F2N4O/c1-8-16(18(27)24-11-6-12(19)17(23)13(20)7-11)9(2)26(25-8)15-4-3-10(21)5-14(15)22/h3-7H,23H2,1-2H3,(H,24,27). The van der Waals surface area contributed by atoms with Crippen LogP contribution < -0.4 is 11.1 Å². The molecule has 0 unspecified atom stereocenters. The fourth-order valence-electron chi connectivity index (χ4n) is 2.71. The molecule has 0 aliphatic rings. The summed E-state index contributed by atoms with van der Waals surface area (Å²) in [7, 11) is 0. The molecule has 3 N–H and O–H groups in total. The molecule has 0 fully saturated rings. The molecule has 27 heavy (non-hydrogen) atoms. The number of carbonyl (C=O) groups excluding carboxylic acids is 1. The first kappa shape index (κ1) is 19.1. The number of aromatic nitrogens is 2. The number of aryl methyl sites for hydroxylation is 1. The zero-order valence-corrected chi connectivity index (χ0v) is 15.8. The van der Waals surface area contributed by atoms with Gasteiger partial charge in [0.25, 0.3) is 5.91 Å². The van der Waals surface area contributed by atoms with Gasteiger partial charge in [-0.05, 0) is 38.1 Å². The van der Waals surface area contributed by atoms with Crippen LogP contribution in [0.25, 0.3) is 5.69 Å². The first-order valence-corrected chi connectivity index (χ1v) is 8.52. The second-order valence-electron chi connectivity index (χ2n) is 5.86. The van der Waals surface area contributed by atoms with Crippen molar-refractivity contribution in [1.29, 1.82) is 0 Å². The van der Waals surface area contributed by atoms with Gasteiger partial charge in [0.15, 0.2) is 5.82 Å². The Hall–Kier alpha value is -2.64. The fraction of sp³-hybridized carbons (Fsp3) is 0.111. The number of hydrogen-bond donors (Lipinski definition) is 2. The van der Waals surface area contributed by atoms with Crippen LogP contribution in [0.2, 0.25) is 10.0 Å². The van der Waals surface area contributed by atoms with E-state index in [1.165, 1.54) is 22.9 Å². The van der Waals surface area contributed by atoms with Gasteiger partial charge in [0, 0.05) is 11.8 Å². The number of nitrogen functional groups attached to an aromatic ring is 1. The highest BCUT2D eigenvalue weighted by atomic mass is 35.5. The van der Waals surface area contributed by atoms with E-state index in [9.17, 15) is 13.6 Å². The van der Waals surface area contributed by atoms with Gasteiger partial charge in [0.2, 0.25) is 0 Å². The van der Waals surface area contributed by atoms with Crippen molar-refractivity contribution >= 4 is 40.5 Å². The highest BCUT2D eigenvalue weighted by Gasteiger charge is 2.21. The van der Waals surface area contributed by atoms with E-state index in [0.717, 1.165) is 12.1 Å². The summed E-state index contributed by atoms with van der Waals surface area (Å²) in [6.45, 7) is 3.23. The number of benzene rings is 2. The van der Waals surface area contributed by atoms with Crippen LogP contribution in [0.3, 0.4) is 0 Å². The topological polar surface area (TPSA) is 72.9 Å². The second kappa shape index (κ2) is 7.17. The maximum Gasteiger partial charge on any atom is 0.259 e. The summed E-state index contributed by atoms with van der Waals surface area (Å²) in [6, 6.07) is 6.06. The van der Waals surface area contributed by atoms with Gasteiger partial charge in [0.1, 0.15) is 11.5 Å². The number of anilines is 2. The molecular formula is C18H14Cl2F2N4O. The van der Waals surface area contributed by atoms with Gasteiger partial charge in [-0.2, -0.15) is 5.10 Å². The van der Waals surface area contributed by atoms with Crippen molar-refractivity contribution in [1.82, 2.24) is 9.78 Å². The van der Waals surface area contributed by atoms with Gasteiger partial charge in [0.05, 0.1) is 32.7 Å². The summed E-state index contributed by atoms with van der Waals surface area (Å²) in [5.74, 6) is -1.96. The Labute approximate surface area is 163 Å². The smallest absolute Gasteiger partial charge is 0.259 e. The van der Waals surface area contributed by atoms with Crippen molar-refractivity contribution < 1.29 is 13.6 Å². The molecule has 5 nitrogen and oxygen atoms in total. The predicted molar refractivity (Wildman–Crippen MR) is 102 cm³/mol. The zero-order valence-electron chi connectivity index (χ0n) is 14.3. The molecule has 1 aromatic heterocycles. The predicted octanol–water partition coefficient (Wildman–Crippen LogP) is 4.91. The average molecular weight is 411 g/mol. The molecule has 2 aromatic carbocycles. The summed E-state index contributed by atoms with van der Waals surface area (Å²) >= 11 is 12.0. The largest absolute Gasteiger partial charge is 0.396 e. The van der Waals surface area contributed by atoms with E-state index < -0.39 is 17.5 Å². The SMILES string of the molecule is Cc1nn(-c2ccc(F)cc2F)c(C)c1C(=O)Nc1cc(Cl)c(N)c(Cl)c1. The van der Waals surface area contributed by atoms with Crippen LogP contribution in [-0.4, -0.2) is 15.7 Å². The first-order valence-electron chi connectivity index (χ1n) is 7.76. The third kappa shape index (κ3) is 3.61. The summed E-state index contributed by atoms with van der Waals surface area (Å²) in [5.41, 5.74) is 7.30. The van der Waals surface area contributed by atoms with Gasteiger partial charge in [-0.3, -0.25) is 4.79 Å². The monoisotopic (exact) mass is 410 g/mol. The summed E-state index contributed by atoms with van der Waals surface area (Å²) in [6.07, 6.45) is 0. The van der Waals surface area contributed by atoms with Crippen LogP contribution in [0, 0.1) is 25.5 Å². The molecule has 0 spiro atoms. The third-order valence-corrected chi connectivity index (χ3v) is 4.62. The summed E-state index contributed by atoms with van der Waals surface area (Å²) in [4.78, 5) is 12.7. The molecular weight excluding hydrogens is 397 g/mol. The van der Waals surface area contributed by atoms with E-state index in [4.69, 9.17) is 28.9 Å². The van der Waals surface area contributed by atoms with Crippen LogP contribution >= 0.6 is 23.2 Å². The van der Waals surface area contributed by atoms with Crippen molar-refractivity contribution in [3.05, 3.63) is 69.0 Å². The van der Waals surface area contributed by atoms with Gasteiger partial charge in [-0.15, -0.1) is 0 Å². The third-order valence-electron chi connectivity index (χ3n) is 3.99. The van der Waals surface area contributed by atoms with Crippen molar-refractivity contribution in [2.45, 2.75) is 13.8 Å². The molecule has 0 saturated carbocycles. The first-order chi connectivity index (χ1) is 12.7. The van der Waals surface area contributed by atoms with E-state index in [0.29, 0.717) is 17.1 Å². The van der Waals surface area contributed by atoms with Crippen molar-refractivity contribution in [2.24, 2.45) is 0 Å². The molecule has 0 bridgehead atoms. The number of amides is 1. The Morgan fingerprint density at radius 3 is 2.37 bits per heavy atom. The van der Waals surface area contributed by atoms with E-state index in [2.05, 4.69) is 10.4 Å².